The molecule has 0 bridgehead atoms. The van der Waals surface area contributed by atoms with Crippen LogP contribution in [0.5, 0.6) is 5.75 Å². The molecule has 0 aliphatic carbocycles. The van der Waals surface area contributed by atoms with E-state index in [4.69, 9.17) is 4.74 Å². The molecule has 2 aromatic rings. The molecular weight excluding hydrogens is 232 g/mol. The van der Waals surface area contributed by atoms with E-state index in [1.54, 1.807) is 39.1 Å². The number of aromatic amines is 1. The first-order valence-corrected chi connectivity index (χ1v) is 5.66. The van der Waals surface area contributed by atoms with Crippen LogP contribution in [0.15, 0.2) is 24.4 Å². The van der Waals surface area contributed by atoms with E-state index in [9.17, 15) is 9.90 Å². The first-order chi connectivity index (χ1) is 8.37. The van der Waals surface area contributed by atoms with Crippen LogP contribution in [0.1, 0.15) is 20.8 Å². The average molecular weight is 248 g/mol. The number of rotatable bonds is 1. The fraction of sp³-hybridized carbons (Fsp3) is 0.308. The summed E-state index contributed by atoms with van der Waals surface area (Å²) in [6.07, 6.45) is 1.15. The standard InChI is InChI=1S/C13H16N2O3/c1-13(2,3)18-12(17)15-11-8-6-7-14-9(8)4-5-10(11)16/h4-7,14,16H,1-3H3,(H,15,17). The number of carbonyl (C=O) groups excluding carboxylic acids is 1. The van der Waals surface area contributed by atoms with Crippen LogP contribution in [0, 0.1) is 0 Å². The maximum Gasteiger partial charge on any atom is 0.412 e. The lowest BCUT2D eigenvalue weighted by Gasteiger charge is -2.20. The van der Waals surface area contributed by atoms with Gasteiger partial charge in [-0.25, -0.2) is 4.79 Å². The Balaban J connectivity index is 2.28. The summed E-state index contributed by atoms with van der Waals surface area (Å²) in [4.78, 5) is 14.7. The Kier molecular flexibility index (Phi) is 2.90. The number of aromatic hydroxyl groups is 1. The molecule has 18 heavy (non-hydrogen) atoms. The molecule has 0 atom stereocenters. The smallest absolute Gasteiger partial charge is 0.412 e. The first-order valence-electron chi connectivity index (χ1n) is 5.66. The van der Waals surface area contributed by atoms with E-state index in [2.05, 4.69) is 10.3 Å². The van der Waals surface area contributed by atoms with Crippen molar-refractivity contribution >= 4 is 22.7 Å². The number of amides is 1. The highest BCUT2D eigenvalue weighted by Crippen LogP contribution is 2.32. The predicted molar refractivity (Wildman–Crippen MR) is 69.8 cm³/mol. The number of phenols is 1. The van der Waals surface area contributed by atoms with E-state index >= 15 is 0 Å². The SMILES string of the molecule is CC(C)(C)OC(=O)Nc1c(O)ccc2[nH]ccc12. The lowest BCUT2D eigenvalue weighted by molar-refractivity contribution is 0.0635. The molecule has 0 fully saturated rings. The van der Waals surface area contributed by atoms with Gasteiger partial charge in [0.1, 0.15) is 11.4 Å². The molecule has 0 spiro atoms. The second kappa shape index (κ2) is 4.25. The summed E-state index contributed by atoms with van der Waals surface area (Å²) in [5.41, 5.74) is 0.605. The molecule has 0 saturated carbocycles. The minimum atomic E-state index is -0.591. The van der Waals surface area contributed by atoms with Crippen molar-refractivity contribution in [3.05, 3.63) is 24.4 Å². The number of hydrogen-bond acceptors (Lipinski definition) is 3. The average Bonchev–Trinajstić information content (AvgIpc) is 2.67. The minimum absolute atomic E-state index is 0.00737. The number of H-pyrrole nitrogens is 1. The molecule has 3 N–H and O–H groups in total. The number of ether oxygens (including phenoxy) is 1. The van der Waals surface area contributed by atoms with Crippen molar-refractivity contribution < 1.29 is 14.6 Å². The lowest BCUT2D eigenvalue weighted by atomic mass is 10.2. The number of phenolic OH excluding ortho intramolecular Hbond substituents is 1. The monoisotopic (exact) mass is 248 g/mol. The Hall–Kier alpha value is -2.17. The van der Waals surface area contributed by atoms with Crippen LogP contribution in [-0.4, -0.2) is 21.8 Å². The van der Waals surface area contributed by atoms with E-state index in [1.165, 1.54) is 6.07 Å². The zero-order valence-corrected chi connectivity index (χ0v) is 10.6. The Morgan fingerprint density at radius 2 is 2.06 bits per heavy atom. The topological polar surface area (TPSA) is 74.3 Å². The molecule has 2 rings (SSSR count). The van der Waals surface area contributed by atoms with Gasteiger partial charge in [-0.3, -0.25) is 5.32 Å². The number of aromatic nitrogens is 1. The van der Waals surface area contributed by atoms with Gasteiger partial charge < -0.3 is 14.8 Å². The van der Waals surface area contributed by atoms with Crippen molar-refractivity contribution in [2.24, 2.45) is 0 Å². The van der Waals surface area contributed by atoms with Crippen LogP contribution >= 0.6 is 0 Å². The second-order valence-corrected chi connectivity index (χ2v) is 5.03. The third-order valence-corrected chi connectivity index (χ3v) is 2.34. The predicted octanol–water partition coefficient (Wildman–Crippen LogP) is 3.22. The van der Waals surface area contributed by atoms with Crippen LogP contribution in [0.2, 0.25) is 0 Å². The summed E-state index contributed by atoms with van der Waals surface area (Å²) in [5.74, 6) is 0.00737. The molecule has 0 aliphatic heterocycles. The third-order valence-electron chi connectivity index (χ3n) is 2.34. The summed E-state index contributed by atoms with van der Waals surface area (Å²) in [5, 5.41) is 13.1. The van der Waals surface area contributed by atoms with Crippen LogP contribution in [-0.2, 0) is 4.74 Å². The maximum atomic E-state index is 11.7. The Morgan fingerprint density at radius 1 is 1.33 bits per heavy atom. The molecule has 1 aromatic carbocycles. The van der Waals surface area contributed by atoms with Gasteiger partial charge in [0.25, 0.3) is 0 Å². The third kappa shape index (κ3) is 2.56. The number of benzene rings is 1. The van der Waals surface area contributed by atoms with E-state index < -0.39 is 11.7 Å². The Morgan fingerprint density at radius 3 is 2.72 bits per heavy atom. The number of anilines is 1. The van der Waals surface area contributed by atoms with Gasteiger partial charge in [-0.15, -0.1) is 0 Å². The summed E-state index contributed by atoms with van der Waals surface area (Å²) >= 11 is 0. The highest BCUT2D eigenvalue weighted by molar-refractivity contribution is 6.01. The van der Waals surface area contributed by atoms with E-state index in [1.807, 2.05) is 0 Å². The van der Waals surface area contributed by atoms with Gasteiger partial charge in [0, 0.05) is 17.1 Å². The molecule has 1 heterocycles. The van der Waals surface area contributed by atoms with E-state index in [-0.39, 0.29) is 5.75 Å². The van der Waals surface area contributed by atoms with Gasteiger partial charge in [0.2, 0.25) is 0 Å². The van der Waals surface area contributed by atoms with Crippen LogP contribution < -0.4 is 5.32 Å². The zero-order valence-electron chi connectivity index (χ0n) is 10.6. The van der Waals surface area contributed by atoms with Crippen molar-refractivity contribution in [3.8, 4) is 5.75 Å². The second-order valence-electron chi connectivity index (χ2n) is 5.03. The van der Waals surface area contributed by atoms with Gasteiger partial charge >= 0.3 is 6.09 Å². The highest BCUT2D eigenvalue weighted by atomic mass is 16.6. The Bertz CT molecular complexity index is 581. The fourth-order valence-corrected chi connectivity index (χ4v) is 1.66. The minimum Gasteiger partial charge on any atom is -0.506 e. The zero-order chi connectivity index (χ0) is 13.3. The molecule has 5 heteroatoms. The van der Waals surface area contributed by atoms with Gasteiger partial charge in [0.15, 0.2) is 0 Å². The van der Waals surface area contributed by atoms with Crippen molar-refractivity contribution in [2.45, 2.75) is 26.4 Å². The Labute approximate surface area is 105 Å². The maximum absolute atomic E-state index is 11.7. The molecule has 96 valence electrons. The highest BCUT2D eigenvalue weighted by Gasteiger charge is 2.18. The molecule has 5 nitrogen and oxygen atoms in total. The number of nitrogens with one attached hydrogen (secondary N) is 2. The lowest BCUT2D eigenvalue weighted by Crippen LogP contribution is -2.27. The van der Waals surface area contributed by atoms with E-state index in [0.29, 0.717) is 5.69 Å². The van der Waals surface area contributed by atoms with Crippen molar-refractivity contribution in [1.82, 2.24) is 4.98 Å². The molecule has 0 aliphatic rings. The van der Waals surface area contributed by atoms with Crippen molar-refractivity contribution in [1.29, 1.82) is 0 Å². The van der Waals surface area contributed by atoms with Gasteiger partial charge in [-0.1, -0.05) is 0 Å². The van der Waals surface area contributed by atoms with Crippen LogP contribution in [0.25, 0.3) is 10.9 Å². The first kappa shape index (κ1) is 12.3. The van der Waals surface area contributed by atoms with Gasteiger partial charge in [-0.2, -0.15) is 0 Å². The number of hydrogen-bond donors (Lipinski definition) is 3. The summed E-state index contributed by atoms with van der Waals surface area (Å²) in [6.45, 7) is 5.34. The fourth-order valence-electron chi connectivity index (χ4n) is 1.66. The largest absolute Gasteiger partial charge is 0.506 e. The van der Waals surface area contributed by atoms with Crippen LogP contribution in [0.4, 0.5) is 10.5 Å². The van der Waals surface area contributed by atoms with Gasteiger partial charge in [0.05, 0.1) is 5.69 Å². The number of carbonyl (C=O) groups is 1. The number of fused-ring (bicyclic) bond motifs is 1. The summed E-state index contributed by atoms with van der Waals surface area (Å²) in [6, 6.07) is 5.04. The summed E-state index contributed by atoms with van der Waals surface area (Å²) < 4.78 is 5.15. The molecule has 1 amide bonds. The molecule has 1 aromatic heterocycles. The molecule has 0 saturated heterocycles. The van der Waals surface area contributed by atoms with Crippen LogP contribution in [0.3, 0.4) is 0 Å². The quantitative estimate of drug-likeness (QED) is 0.678. The molecule has 0 unspecified atom stereocenters. The normalized spacial score (nSPS) is 11.5. The van der Waals surface area contributed by atoms with E-state index in [0.717, 1.165) is 10.9 Å². The summed E-state index contributed by atoms with van der Waals surface area (Å²) in [7, 11) is 0. The van der Waals surface area contributed by atoms with Crippen molar-refractivity contribution in [2.75, 3.05) is 5.32 Å². The van der Waals surface area contributed by atoms with Crippen molar-refractivity contribution in [3.63, 3.8) is 0 Å². The van der Waals surface area contributed by atoms with Gasteiger partial charge in [-0.05, 0) is 39.0 Å². The molecular formula is C13H16N2O3. The molecule has 0 radical (unpaired) electrons.